The minimum atomic E-state index is -0.414. The van der Waals surface area contributed by atoms with Crippen molar-refractivity contribution in [1.29, 1.82) is 0 Å². The molecule has 0 spiro atoms. The number of rotatable bonds is 5. The van der Waals surface area contributed by atoms with E-state index in [1.165, 1.54) is 0 Å². The zero-order chi connectivity index (χ0) is 15.9. The molecule has 3 N–H and O–H groups in total. The number of benzene rings is 1. The lowest BCUT2D eigenvalue weighted by Gasteiger charge is -2.17. The Balaban J connectivity index is 1.96. The van der Waals surface area contributed by atoms with E-state index in [1.54, 1.807) is 19.2 Å². The Kier molecular flexibility index (Phi) is 5.75. The summed E-state index contributed by atoms with van der Waals surface area (Å²) in [6.07, 6.45) is 2.12. The van der Waals surface area contributed by atoms with Gasteiger partial charge in [-0.2, -0.15) is 0 Å². The van der Waals surface area contributed by atoms with E-state index in [0.717, 1.165) is 5.56 Å². The summed E-state index contributed by atoms with van der Waals surface area (Å²) in [6, 6.07) is 10.5. The molecule has 0 bridgehead atoms. The van der Waals surface area contributed by atoms with Crippen molar-refractivity contribution in [1.82, 2.24) is 10.3 Å². The van der Waals surface area contributed by atoms with Gasteiger partial charge in [-0.1, -0.05) is 41.9 Å². The van der Waals surface area contributed by atoms with Gasteiger partial charge in [-0.05, 0) is 25.0 Å². The van der Waals surface area contributed by atoms with Gasteiger partial charge in [0.05, 0.1) is 29.1 Å². The molecule has 2 rings (SSSR count). The van der Waals surface area contributed by atoms with Gasteiger partial charge in [-0.3, -0.25) is 4.98 Å². The molecule has 1 aromatic heterocycles. The molecule has 0 radical (unpaired) electrons. The predicted molar refractivity (Wildman–Crippen MR) is 87.2 cm³/mol. The molecule has 116 valence electrons. The Morgan fingerprint density at radius 2 is 2.05 bits per heavy atom. The molecule has 1 heterocycles. The number of urea groups is 1. The van der Waals surface area contributed by atoms with E-state index < -0.39 is 6.03 Å². The summed E-state index contributed by atoms with van der Waals surface area (Å²) >= 11 is 6.08. The van der Waals surface area contributed by atoms with Gasteiger partial charge < -0.3 is 15.7 Å². The fourth-order valence-electron chi connectivity index (χ4n) is 2.05. The number of anilines is 1. The number of nitrogens with one attached hydrogen (secondary N) is 2. The fourth-order valence-corrected chi connectivity index (χ4v) is 2.21. The molecule has 6 heteroatoms. The van der Waals surface area contributed by atoms with Crippen molar-refractivity contribution in [2.24, 2.45) is 0 Å². The third kappa shape index (κ3) is 4.44. The Hall–Kier alpha value is -2.11. The summed E-state index contributed by atoms with van der Waals surface area (Å²) in [7, 11) is 0. The molecule has 0 saturated carbocycles. The summed E-state index contributed by atoms with van der Waals surface area (Å²) in [5.74, 6) is 0. The molecule has 2 amide bonds. The standard InChI is InChI=1S/C16H18ClN3O2/c1-11-15(17)14(7-8-18-11)20-16(22)19-13(10-21)9-12-5-3-2-4-6-12/h2-8,13,21H,9-10H2,1H3,(H2,18,19,20,22)/t13-/m0/s1. The maximum absolute atomic E-state index is 12.0. The maximum atomic E-state index is 12.0. The van der Waals surface area contributed by atoms with E-state index in [2.05, 4.69) is 15.6 Å². The second-order valence-corrected chi connectivity index (χ2v) is 5.30. The molecule has 1 atom stereocenters. The van der Waals surface area contributed by atoms with E-state index in [1.807, 2.05) is 30.3 Å². The molecule has 5 nitrogen and oxygen atoms in total. The highest BCUT2D eigenvalue weighted by Gasteiger charge is 2.13. The second kappa shape index (κ2) is 7.77. The Morgan fingerprint density at radius 1 is 1.32 bits per heavy atom. The number of aryl methyl sites for hydroxylation is 1. The number of hydrogen-bond donors (Lipinski definition) is 3. The predicted octanol–water partition coefficient (Wildman–Crippen LogP) is 2.77. The molecular formula is C16H18ClN3O2. The van der Waals surface area contributed by atoms with E-state index >= 15 is 0 Å². The lowest BCUT2D eigenvalue weighted by atomic mass is 10.1. The van der Waals surface area contributed by atoms with E-state index in [-0.39, 0.29) is 12.6 Å². The lowest BCUT2D eigenvalue weighted by Crippen LogP contribution is -2.41. The maximum Gasteiger partial charge on any atom is 0.319 e. The van der Waals surface area contributed by atoms with Crippen LogP contribution in [0.25, 0.3) is 0 Å². The number of halogens is 1. The second-order valence-electron chi connectivity index (χ2n) is 4.93. The van der Waals surface area contributed by atoms with Gasteiger partial charge in [0.2, 0.25) is 0 Å². The first kappa shape index (κ1) is 16.3. The number of aromatic nitrogens is 1. The van der Waals surface area contributed by atoms with Gasteiger partial charge >= 0.3 is 6.03 Å². The number of aliphatic hydroxyl groups excluding tert-OH is 1. The van der Waals surface area contributed by atoms with E-state index in [4.69, 9.17) is 11.6 Å². The molecule has 1 aromatic carbocycles. The molecule has 0 aliphatic rings. The van der Waals surface area contributed by atoms with Crippen LogP contribution in [-0.2, 0) is 6.42 Å². The molecule has 0 fully saturated rings. The van der Waals surface area contributed by atoms with E-state index in [0.29, 0.717) is 22.8 Å². The zero-order valence-corrected chi connectivity index (χ0v) is 13.0. The zero-order valence-electron chi connectivity index (χ0n) is 12.2. The highest BCUT2D eigenvalue weighted by molar-refractivity contribution is 6.34. The minimum absolute atomic E-state index is 0.147. The van der Waals surface area contributed by atoms with Gasteiger partial charge in [-0.15, -0.1) is 0 Å². The van der Waals surface area contributed by atoms with Crippen LogP contribution in [0.4, 0.5) is 10.5 Å². The molecule has 0 aliphatic carbocycles. The number of carbonyl (C=O) groups excluding carboxylic acids is 1. The average molecular weight is 320 g/mol. The van der Waals surface area contributed by atoms with Crippen molar-refractivity contribution < 1.29 is 9.90 Å². The van der Waals surface area contributed by atoms with E-state index in [9.17, 15) is 9.90 Å². The Bertz CT molecular complexity index is 635. The summed E-state index contributed by atoms with van der Waals surface area (Å²) in [5.41, 5.74) is 2.17. The van der Waals surface area contributed by atoms with Crippen LogP contribution in [0, 0.1) is 6.92 Å². The highest BCUT2D eigenvalue weighted by atomic mass is 35.5. The van der Waals surface area contributed by atoms with Crippen molar-refractivity contribution in [2.75, 3.05) is 11.9 Å². The number of aliphatic hydroxyl groups is 1. The molecule has 0 aliphatic heterocycles. The number of pyridine rings is 1. The number of hydrogen-bond acceptors (Lipinski definition) is 3. The SMILES string of the molecule is Cc1nccc(NC(=O)N[C@H](CO)Cc2ccccc2)c1Cl. The number of amides is 2. The van der Waals surface area contributed by atoms with Crippen LogP contribution >= 0.6 is 11.6 Å². The number of carbonyl (C=O) groups is 1. The topological polar surface area (TPSA) is 74.2 Å². The van der Waals surface area contributed by atoms with Crippen LogP contribution in [0.5, 0.6) is 0 Å². The smallest absolute Gasteiger partial charge is 0.319 e. The largest absolute Gasteiger partial charge is 0.394 e. The van der Waals surface area contributed by atoms with Crippen LogP contribution in [0.2, 0.25) is 5.02 Å². The van der Waals surface area contributed by atoms with Crippen LogP contribution in [0.1, 0.15) is 11.3 Å². The molecule has 2 aromatic rings. The molecular weight excluding hydrogens is 302 g/mol. The van der Waals surface area contributed by atoms with Gasteiger partial charge in [0.1, 0.15) is 0 Å². The third-order valence-corrected chi connectivity index (χ3v) is 3.67. The van der Waals surface area contributed by atoms with Crippen LogP contribution in [0.15, 0.2) is 42.6 Å². The van der Waals surface area contributed by atoms with Gasteiger partial charge in [0, 0.05) is 6.20 Å². The van der Waals surface area contributed by atoms with Crippen molar-refractivity contribution in [3.8, 4) is 0 Å². The van der Waals surface area contributed by atoms with Crippen LogP contribution in [0.3, 0.4) is 0 Å². The molecule has 0 saturated heterocycles. The quantitative estimate of drug-likeness (QED) is 0.793. The average Bonchev–Trinajstić information content (AvgIpc) is 2.52. The first-order valence-corrected chi connectivity index (χ1v) is 7.31. The summed E-state index contributed by atoms with van der Waals surface area (Å²) < 4.78 is 0. The van der Waals surface area contributed by atoms with Crippen molar-refractivity contribution >= 4 is 23.3 Å². The third-order valence-electron chi connectivity index (χ3n) is 3.19. The summed E-state index contributed by atoms with van der Waals surface area (Å²) in [4.78, 5) is 16.1. The Labute approximate surface area is 134 Å². The highest BCUT2D eigenvalue weighted by Crippen LogP contribution is 2.23. The first-order chi connectivity index (χ1) is 10.6. The van der Waals surface area contributed by atoms with Crippen LogP contribution in [-0.4, -0.2) is 28.8 Å². The number of nitrogens with zero attached hydrogens (tertiary/aromatic N) is 1. The summed E-state index contributed by atoms with van der Waals surface area (Å²) in [5, 5.41) is 15.2. The fraction of sp³-hybridized carbons (Fsp3) is 0.250. The van der Waals surface area contributed by atoms with Gasteiger partial charge in [0.15, 0.2) is 0 Å². The van der Waals surface area contributed by atoms with Crippen LogP contribution < -0.4 is 10.6 Å². The lowest BCUT2D eigenvalue weighted by molar-refractivity contribution is 0.224. The normalized spacial score (nSPS) is 11.8. The first-order valence-electron chi connectivity index (χ1n) is 6.93. The molecule has 22 heavy (non-hydrogen) atoms. The van der Waals surface area contributed by atoms with Gasteiger partial charge in [-0.25, -0.2) is 4.79 Å². The van der Waals surface area contributed by atoms with Crippen molar-refractivity contribution in [2.45, 2.75) is 19.4 Å². The van der Waals surface area contributed by atoms with Gasteiger partial charge in [0.25, 0.3) is 0 Å². The monoisotopic (exact) mass is 319 g/mol. The summed E-state index contributed by atoms with van der Waals surface area (Å²) in [6.45, 7) is 1.61. The molecule has 0 unspecified atom stereocenters. The van der Waals surface area contributed by atoms with Crippen molar-refractivity contribution in [3.05, 3.63) is 58.9 Å². The van der Waals surface area contributed by atoms with Crippen molar-refractivity contribution in [3.63, 3.8) is 0 Å². The Morgan fingerprint density at radius 3 is 2.73 bits per heavy atom. The minimum Gasteiger partial charge on any atom is -0.394 e.